The van der Waals surface area contributed by atoms with E-state index in [2.05, 4.69) is 31.7 Å². The van der Waals surface area contributed by atoms with Gasteiger partial charge in [-0.3, -0.25) is 4.90 Å². The van der Waals surface area contributed by atoms with Gasteiger partial charge in [-0.05, 0) is 64.3 Å². The van der Waals surface area contributed by atoms with Gasteiger partial charge in [0, 0.05) is 6.04 Å². The van der Waals surface area contributed by atoms with Gasteiger partial charge >= 0.3 is 0 Å². The van der Waals surface area contributed by atoms with Gasteiger partial charge in [0.1, 0.15) is 5.76 Å². The minimum absolute atomic E-state index is 0.354. The van der Waals surface area contributed by atoms with Crippen LogP contribution in [0, 0.1) is 12.8 Å². The van der Waals surface area contributed by atoms with E-state index in [0.29, 0.717) is 18.0 Å². The molecule has 1 fully saturated rings. The molecule has 3 heteroatoms. The van der Waals surface area contributed by atoms with E-state index in [1.807, 2.05) is 6.26 Å². The second-order valence-electron chi connectivity index (χ2n) is 5.74. The van der Waals surface area contributed by atoms with Crippen LogP contribution in [0.3, 0.4) is 0 Å². The van der Waals surface area contributed by atoms with Crippen molar-refractivity contribution in [1.82, 2.24) is 4.90 Å². The average Bonchev–Trinajstić information content (AvgIpc) is 2.64. The summed E-state index contributed by atoms with van der Waals surface area (Å²) in [6, 6.07) is 2.95. The number of furan rings is 1. The predicted molar refractivity (Wildman–Crippen MR) is 74.4 cm³/mol. The zero-order chi connectivity index (χ0) is 13.1. The van der Waals surface area contributed by atoms with Crippen LogP contribution in [0.4, 0.5) is 0 Å². The summed E-state index contributed by atoms with van der Waals surface area (Å²) in [5.41, 5.74) is 7.27. The molecule has 0 amide bonds. The summed E-state index contributed by atoms with van der Waals surface area (Å²) < 4.78 is 5.77. The fourth-order valence-electron chi connectivity index (χ4n) is 3.15. The van der Waals surface area contributed by atoms with E-state index in [0.717, 1.165) is 18.8 Å². The molecule has 2 unspecified atom stereocenters. The molecule has 0 aromatic carbocycles. The van der Waals surface area contributed by atoms with Crippen molar-refractivity contribution in [3.63, 3.8) is 0 Å². The van der Waals surface area contributed by atoms with E-state index in [1.165, 1.54) is 24.8 Å². The number of rotatable bonds is 3. The quantitative estimate of drug-likeness (QED) is 0.896. The zero-order valence-corrected chi connectivity index (χ0v) is 11.9. The highest BCUT2D eigenvalue weighted by molar-refractivity contribution is 5.20. The molecule has 102 valence electrons. The summed E-state index contributed by atoms with van der Waals surface area (Å²) in [7, 11) is 0. The first-order valence-corrected chi connectivity index (χ1v) is 7.15. The molecule has 0 aliphatic carbocycles. The summed E-state index contributed by atoms with van der Waals surface area (Å²) in [6.07, 6.45) is 5.57. The third kappa shape index (κ3) is 2.62. The lowest BCUT2D eigenvalue weighted by Gasteiger charge is -2.36. The lowest BCUT2D eigenvalue weighted by molar-refractivity contribution is 0.103. The predicted octanol–water partition coefficient (Wildman–Crippen LogP) is 3.10. The van der Waals surface area contributed by atoms with Gasteiger partial charge in [-0.1, -0.05) is 6.42 Å². The molecule has 1 aromatic heterocycles. The van der Waals surface area contributed by atoms with Gasteiger partial charge in [0.2, 0.25) is 0 Å². The Balaban J connectivity index is 2.35. The SMILES string of the molecule is Cc1ccoc1C1C(CN)CCCCN1C(C)C. The number of hydrogen-bond donors (Lipinski definition) is 1. The van der Waals surface area contributed by atoms with E-state index in [-0.39, 0.29) is 0 Å². The Bertz CT molecular complexity index is 372. The second-order valence-corrected chi connectivity index (χ2v) is 5.74. The number of aryl methyl sites for hydroxylation is 1. The molecular formula is C15H26N2O. The topological polar surface area (TPSA) is 42.4 Å². The Morgan fingerprint density at radius 3 is 2.78 bits per heavy atom. The van der Waals surface area contributed by atoms with Crippen LogP contribution in [0.25, 0.3) is 0 Å². The molecule has 1 saturated heterocycles. The second kappa shape index (κ2) is 5.89. The highest BCUT2D eigenvalue weighted by Gasteiger charge is 2.34. The van der Waals surface area contributed by atoms with Crippen molar-refractivity contribution in [1.29, 1.82) is 0 Å². The van der Waals surface area contributed by atoms with E-state index in [1.54, 1.807) is 0 Å². The van der Waals surface area contributed by atoms with Crippen LogP contribution < -0.4 is 5.73 Å². The van der Waals surface area contributed by atoms with E-state index in [9.17, 15) is 0 Å². The fourth-order valence-corrected chi connectivity index (χ4v) is 3.15. The molecule has 0 saturated carbocycles. The van der Waals surface area contributed by atoms with Crippen LogP contribution in [0.1, 0.15) is 50.5 Å². The van der Waals surface area contributed by atoms with Crippen molar-refractivity contribution >= 4 is 0 Å². The van der Waals surface area contributed by atoms with Gasteiger partial charge in [-0.25, -0.2) is 0 Å². The average molecular weight is 250 g/mol. The van der Waals surface area contributed by atoms with Crippen LogP contribution in [0.5, 0.6) is 0 Å². The van der Waals surface area contributed by atoms with Gasteiger partial charge in [-0.15, -0.1) is 0 Å². The molecule has 0 spiro atoms. The Labute approximate surface area is 110 Å². The van der Waals surface area contributed by atoms with Gasteiger partial charge in [0.25, 0.3) is 0 Å². The Morgan fingerprint density at radius 2 is 2.22 bits per heavy atom. The summed E-state index contributed by atoms with van der Waals surface area (Å²) >= 11 is 0. The minimum atomic E-state index is 0.354. The summed E-state index contributed by atoms with van der Waals surface area (Å²) in [4.78, 5) is 2.57. The largest absolute Gasteiger partial charge is 0.467 e. The molecule has 2 rings (SSSR count). The van der Waals surface area contributed by atoms with Gasteiger partial charge < -0.3 is 10.2 Å². The maximum absolute atomic E-state index is 6.01. The van der Waals surface area contributed by atoms with E-state index >= 15 is 0 Å². The lowest BCUT2D eigenvalue weighted by atomic mass is 9.91. The maximum Gasteiger partial charge on any atom is 0.124 e. The molecule has 2 atom stereocenters. The monoisotopic (exact) mass is 250 g/mol. The van der Waals surface area contributed by atoms with Crippen molar-refractivity contribution in [2.24, 2.45) is 11.7 Å². The molecular weight excluding hydrogens is 224 g/mol. The number of nitrogens with zero attached hydrogens (tertiary/aromatic N) is 1. The Morgan fingerprint density at radius 1 is 1.44 bits per heavy atom. The van der Waals surface area contributed by atoms with Gasteiger partial charge in [-0.2, -0.15) is 0 Å². The number of nitrogens with two attached hydrogens (primary N) is 1. The number of hydrogen-bond acceptors (Lipinski definition) is 3. The first kappa shape index (κ1) is 13.6. The molecule has 18 heavy (non-hydrogen) atoms. The van der Waals surface area contributed by atoms with Gasteiger partial charge in [0.05, 0.1) is 12.3 Å². The van der Waals surface area contributed by atoms with Crippen molar-refractivity contribution in [2.45, 2.75) is 52.1 Å². The molecule has 2 heterocycles. The molecule has 1 aliphatic rings. The third-order valence-electron chi connectivity index (χ3n) is 4.18. The van der Waals surface area contributed by atoms with Crippen molar-refractivity contribution in [2.75, 3.05) is 13.1 Å². The Hall–Kier alpha value is -0.800. The van der Waals surface area contributed by atoms with E-state index in [4.69, 9.17) is 10.2 Å². The van der Waals surface area contributed by atoms with Crippen LogP contribution in [-0.4, -0.2) is 24.0 Å². The van der Waals surface area contributed by atoms with Crippen LogP contribution >= 0.6 is 0 Å². The highest BCUT2D eigenvalue weighted by atomic mass is 16.3. The molecule has 0 radical (unpaired) electrons. The summed E-state index contributed by atoms with van der Waals surface area (Å²) in [6.45, 7) is 8.57. The van der Waals surface area contributed by atoms with Crippen LogP contribution in [-0.2, 0) is 0 Å². The van der Waals surface area contributed by atoms with Gasteiger partial charge in [0.15, 0.2) is 0 Å². The molecule has 2 N–H and O–H groups in total. The Kier molecular flexibility index (Phi) is 4.46. The molecule has 1 aromatic rings. The minimum Gasteiger partial charge on any atom is -0.467 e. The molecule has 0 bridgehead atoms. The highest BCUT2D eigenvalue weighted by Crippen LogP contribution is 2.37. The maximum atomic E-state index is 6.01. The fraction of sp³-hybridized carbons (Fsp3) is 0.733. The summed E-state index contributed by atoms with van der Waals surface area (Å²) in [5, 5.41) is 0. The first-order chi connectivity index (χ1) is 8.65. The van der Waals surface area contributed by atoms with Crippen LogP contribution in [0.15, 0.2) is 16.7 Å². The number of likely N-dealkylation sites (tertiary alicyclic amines) is 1. The van der Waals surface area contributed by atoms with E-state index < -0.39 is 0 Å². The van der Waals surface area contributed by atoms with Crippen LogP contribution in [0.2, 0.25) is 0 Å². The van der Waals surface area contributed by atoms with Crippen molar-refractivity contribution in [3.05, 3.63) is 23.7 Å². The standard InChI is InChI=1S/C15H26N2O/c1-11(2)17-8-5-4-6-13(10-16)14(17)15-12(3)7-9-18-15/h7,9,11,13-14H,4-6,8,10,16H2,1-3H3. The molecule has 1 aliphatic heterocycles. The molecule has 3 nitrogen and oxygen atoms in total. The smallest absolute Gasteiger partial charge is 0.124 e. The van der Waals surface area contributed by atoms with Crippen molar-refractivity contribution < 1.29 is 4.42 Å². The third-order valence-corrected chi connectivity index (χ3v) is 4.18. The normalized spacial score (nSPS) is 26.5. The zero-order valence-electron chi connectivity index (χ0n) is 11.9. The lowest BCUT2D eigenvalue weighted by Crippen LogP contribution is -2.40. The van der Waals surface area contributed by atoms with Crippen molar-refractivity contribution in [3.8, 4) is 0 Å². The first-order valence-electron chi connectivity index (χ1n) is 7.15. The summed E-state index contributed by atoms with van der Waals surface area (Å²) in [5.74, 6) is 1.64.